The van der Waals surface area contributed by atoms with Gasteiger partial charge in [-0.2, -0.15) is 0 Å². The van der Waals surface area contributed by atoms with Gasteiger partial charge in [0.15, 0.2) is 12.6 Å². The summed E-state index contributed by atoms with van der Waals surface area (Å²) in [6.07, 6.45) is -0.556. The monoisotopic (exact) mass is 416 g/mol. The Morgan fingerprint density at radius 2 is 1.00 bits per heavy atom. The molecule has 0 aromatic heterocycles. The van der Waals surface area contributed by atoms with Crippen LogP contribution in [0.1, 0.15) is 0 Å². The molecule has 0 unspecified atom stereocenters. The molecular formula is C4H2O8U. The van der Waals surface area contributed by atoms with E-state index >= 15 is 0 Å². The van der Waals surface area contributed by atoms with Crippen molar-refractivity contribution >= 4 is 24.5 Å². The molecule has 0 aliphatic rings. The molecule has 0 fully saturated rings. The average molecular weight is 416 g/mol. The molecule has 0 saturated carbocycles. The fraction of sp³-hybridized carbons (Fsp3) is 0. The SMILES string of the molecule is O=CC(=O)[O-].O=CC(=O)[O-].[O]=[U+2]=[O]. The van der Waals surface area contributed by atoms with Crippen LogP contribution in [-0.2, 0) is 23.6 Å². The Kier molecular flexibility index (Phi) is 23.6. The van der Waals surface area contributed by atoms with E-state index in [1.54, 1.807) is 0 Å². The van der Waals surface area contributed by atoms with Crippen LogP contribution in [-0.4, -0.2) is 24.5 Å². The van der Waals surface area contributed by atoms with Gasteiger partial charge in [-0.1, -0.05) is 0 Å². The van der Waals surface area contributed by atoms with Gasteiger partial charge in [-0.3, -0.25) is 9.59 Å². The number of carbonyl (C=O) groups excluding carboxylic acids is 4. The first kappa shape index (κ1) is 17.9. The van der Waals surface area contributed by atoms with Crippen molar-refractivity contribution in [3.05, 3.63) is 0 Å². The van der Waals surface area contributed by atoms with Crippen LogP contribution in [0.4, 0.5) is 0 Å². The topological polar surface area (TPSA) is 149 Å². The molecule has 0 saturated heterocycles. The average Bonchev–Trinajstić information content (AvgIpc) is 2.07. The third-order valence-electron chi connectivity index (χ3n) is 0.192. The van der Waals surface area contributed by atoms with Crippen molar-refractivity contribution in [3.63, 3.8) is 0 Å². The summed E-state index contributed by atoms with van der Waals surface area (Å²) in [5, 5.41) is 17.8. The van der Waals surface area contributed by atoms with Crippen molar-refractivity contribution in [3.8, 4) is 0 Å². The molecule has 0 aromatic rings. The Bertz CT molecular complexity index is 196. The maximum atomic E-state index is 8.89. The third kappa shape index (κ3) is 101. The molecule has 0 radical (unpaired) electrons. The molecule has 0 heterocycles. The zero-order valence-corrected chi connectivity index (χ0v) is 10.1. The van der Waals surface area contributed by atoms with E-state index in [1.807, 2.05) is 0 Å². The van der Waals surface area contributed by atoms with Gasteiger partial charge in [-0.15, -0.1) is 0 Å². The van der Waals surface area contributed by atoms with Crippen LogP contribution in [0.25, 0.3) is 0 Å². The van der Waals surface area contributed by atoms with Crippen LogP contribution in [0.2, 0.25) is 0 Å². The molecule has 8 nitrogen and oxygen atoms in total. The Morgan fingerprint density at radius 3 is 1.00 bits per heavy atom. The van der Waals surface area contributed by atoms with Gasteiger partial charge >= 0.3 is 32.3 Å². The number of hydrogen-bond acceptors (Lipinski definition) is 8. The van der Waals surface area contributed by atoms with Gasteiger partial charge in [-0.25, -0.2) is 0 Å². The van der Waals surface area contributed by atoms with Crippen molar-refractivity contribution in [1.29, 1.82) is 0 Å². The normalized spacial score (nSPS) is 5.54. The molecule has 0 spiro atoms. The minimum atomic E-state index is -2.51. The predicted molar refractivity (Wildman–Crippen MR) is 23.5 cm³/mol. The molecule has 0 atom stereocenters. The molecule has 0 aliphatic heterocycles. The zero-order valence-electron chi connectivity index (χ0n) is 5.92. The van der Waals surface area contributed by atoms with Crippen LogP contribution in [0, 0.1) is 27.8 Å². The first-order valence-corrected chi connectivity index (χ1v) is 5.67. The molecular weight excluding hydrogens is 414 g/mol. The second-order valence-electron chi connectivity index (χ2n) is 0.957. The molecule has 13 heavy (non-hydrogen) atoms. The summed E-state index contributed by atoms with van der Waals surface area (Å²) < 4.78 is 17.2. The summed E-state index contributed by atoms with van der Waals surface area (Å²) in [7, 11) is 0. The van der Waals surface area contributed by atoms with E-state index in [-0.39, 0.29) is 12.6 Å². The minimum absolute atomic E-state index is 0.278. The first-order chi connectivity index (χ1) is 5.95. The van der Waals surface area contributed by atoms with Crippen LogP contribution < -0.4 is 10.2 Å². The van der Waals surface area contributed by atoms with Crippen molar-refractivity contribution < 1.29 is 61.7 Å². The number of carboxylic acid groups (broad SMARTS) is 2. The third-order valence-corrected chi connectivity index (χ3v) is 0.192. The molecule has 0 bridgehead atoms. The van der Waals surface area contributed by atoms with Gasteiger partial charge in [0, 0.05) is 0 Å². The summed E-state index contributed by atoms with van der Waals surface area (Å²) in [4.78, 5) is 35.5. The van der Waals surface area contributed by atoms with Gasteiger partial charge in [0.1, 0.15) is 11.9 Å². The fourth-order valence-corrected chi connectivity index (χ4v) is 0. The summed E-state index contributed by atoms with van der Waals surface area (Å²) in [6.45, 7) is 0. The summed E-state index contributed by atoms with van der Waals surface area (Å²) in [5.41, 5.74) is 0. The van der Waals surface area contributed by atoms with E-state index in [0.717, 1.165) is 0 Å². The zero-order chi connectivity index (χ0) is 11.3. The van der Waals surface area contributed by atoms with Gasteiger partial charge in [0.25, 0.3) is 0 Å². The van der Waals surface area contributed by atoms with E-state index in [2.05, 4.69) is 0 Å². The molecule has 0 amide bonds. The van der Waals surface area contributed by atoms with E-state index < -0.39 is 39.8 Å². The molecule has 0 N–H and O–H groups in total. The summed E-state index contributed by atoms with van der Waals surface area (Å²) in [5.74, 6) is -3.35. The predicted octanol–water partition coefficient (Wildman–Crippen LogP) is -4.37. The number of rotatable bonds is 2. The first-order valence-electron chi connectivity index (χ1n) is 2.27. The molecule has 9 heteroatoms. The van der Waals surface area contributed by atoms with Crippen molar-refractivity contribution in [2.45, 2.75) is 0 Å². The Morgan fingerprint density at radius 1 is 0.923 bits per heavy atom. The van der Waals surface area contributed by atoms with E-state index in [0.29, 0.717) is 0 Å². The number of carboxylic acids is 2. The molecule has 0 rings (SSSR count). The van der Waals surface area contributed by atoms with E-state index in [1.165, 1.54) is 0 Å². The Balaban J connectivity index is -0.000000120. The van der Waals surface area contributed by atoms with E-state index in [4.69, 9.17) is 33.9 Å². The number of hydrogen-bond donors (Lipinski definition) is 0. The van der Waals surface area contributed by atoms with Crippen LogP contribution in [0.15, 0.2) is 0 Å². The van der Waals surface area contributed by atoms with Gasteiger partial charge in [0.05, 0.1) is 0 Å². The molecule has 0 aromatic carbocycles. The second kappa shape index (κ2) is 17.1. The second-order valence-corrected chi connectivity index (χ2v) is 1.65. The van der Waals surface area contributed by atoms with Crippen molar-refractivity contribution in [1.82, 2.24) is 0 Å². The number of aliphatic carboxylic acids is 2. The Hall–Kier alpha value is -1.07. The van der Waals surface area contributed by atoms with Gasteiger partial charge in [0.2, 0.25) is 0 Å². The van der Waals surface area contributed by atoms with Crippen LogP contribution in [0.3, 0.4) is 0 Å². The Labute approximate surface area is 86.1 Å². The summed E-state index contributed by atoms with van der Waals surface area (Å²) >= 11 is -2.51. The molecule has 0 aliphatic carbocycles. The van der Waals surface area contributed by atoms with E-state index in [9.17, 15) is 0 Å². The van der Waals surface area contributed by atoms with Gasteiger partial charge < -0.3 is 19.8 Å². The standard InChI is InChI=1S/2C2H2O3.2O.U/c2*3-1-2(4)5;;;/h2*1H,(H,4,5);;;/q;;;;+2/p-2. The van der Waals surface area contributed by atoms with Crippen LogP contribution in [0.5, 0.6) is 0 Å². The van der Waals surface area contributed by atoms with Crippen LogP contribution >= 0.6 is 0 Å². The maximum absolute atomic E-state index is 8.89. The fourth-order valence-electron chi connectivity index (χ4n) is 0. The van der Waals surface area contributed by atoms with Crippen molar-refractivity contribution in [2.24, 2.45) is 0 Å². The van der Waals surface area contributed by atoms with Gasteiger partial charge in [-0.05, 0) is 0 Å². The van der Waals surface area contributed by atoms with Crippen molar-refractivity contribution in [2.75, 3.05) is 0 Å². The number of aldehydes is 2. The quantitative estimate of drug-likeness (QED) is 0.324. The molecule has 70 valence electrons. The number of carbonyl (C=O) groups is 4. The summed E-state index contributed by atoms with van der Waals surface area (Å²) in [6, 6.07) is 0.